The number of hydrogen-bond donors (Lipinski definition) is 0. The molecule has 0 N–H and O–H groups in total. The molecule has 23 heavy (non-hydrogen) atoms. The van der Waals surface area contributed by atoms with E-state index in [2.05, 4.69) is 0 Å². The zero-order valence-electron chi connectivity index (χ0n) is 12.0. The third-order valence-corrected chi connectivity index (χ3v) is 0. The summed E-state index contributed by atoms with van der Waals surface area (Å²) in [4.78, 5) is 0. The molecule has 0 saturated heterocycles. The molecule has 0 radical (unpaired) electrons. The van der Waals surface area contributed by atoms with Crippen LogP contribution in [0.1, 0.15) is 135 Å². The standard InChI is InChI=1S/17CH4.6K.6H/h17*1H4;;;;;;;;;;;;/q;;;;;;;;;;;;;;;;;6*+1;6*-1/i;;;;;;;;;;;;;;;;;;;;;;;6*1+1. The van der Waals surface area contributed by atoms with Gasteiger partial charge in [-0.15, -0.1) is 0 Å². The summed E-state index contributed by atoms with van der Waals surface area (Å²) in [7, 11) is 0. The predicted molar refractivity (Wildman–Crippen MR) is 121 cm³/mol. The number of hydrogen-bond acceptors (Lipinski definition) is 0. The minimum absolute atomic E-state index is 0. The molecule has 0 rings (SSSR count). The Labute approximate surface area is 429 Å². The summed E-state index contributed by atoms with van der Waals surface area (Å²) in [6.07, 6.45) is 0. The van der Waals surface area contributed by atoms with E-state index in [0.29, 0.717) is 0 Å². The van der Waals surface area contributed by atoms with Gasteiger partial charge in [-0.25, -0.2) is 0 Å². The van der Waals surface area contributed by atoms with Crippen LogP contribution in [-0.2, 0) is 0 Å². The normalized spacial score (nSPS) is 0. The van der Waals surface area contributed by atoms with Crippen molar-refractivity contribution in [1.82, 2.24) is 0 Å². The van der Waals surface area contributed by atoms with Crippen LogP contribution in [0.25, 0.3) is 0 Å². The van der Waals surface area contributed by atoms with Gasteiger partial charge in [-0.1, -0.05) is 126 Å². The quantitative estimate of drug-likeness (QED) is 0.280. The van der Waals surface area contributed by atoms with Gasteiger partial charge in [-0.2, -0.15) is 0 Å². The van der Waals surface area contributed by atoms with Crippen LogP contribution in [0.2, 0.25) is 0 Å². The Hall–Kier alpha value is 9.82. The van der Waals surface area contributed by atoms with E-state index in [4.69, 9.17) is 0 Å². The molecule has 0 heterocycles. The minimum Gasteiger partial charge on any atom is -1.00 e. The van der Waals surface area contributed by atoms with E-state index in [1.54, 1.807) is 0 Å². The molecule has 0 aromatic rings. The molecule has 0 aromatic carbocycles. The van der Waals surface area contributed by atoms with Crippen LogP contribution in [0.15, 0.2) is 0 Å². The molecule has 148 valence electrons. The molecule has 0 aliphatic rings. The molecule has 0 atom stereocenters. The van der Waals surface area contributed by atoms with E-state index in [1.165, 1.54) is 0 Å². The van der Waals surface area contributed by atoms with Gasteiger partial charge in [0.25, 0.3) is 0 Å². The first-order chi connectivity index (χ1) is 0. The molecule has 0 aliphatic carbocycles. The van der Waals surface area contributed by atoms with Crippen LogP contribution in [0.4, 0.5) is 0 Å². The monoisotopic (exact) mass is 518 g/mol. The molecule has 6 heteroatoms. The Morgan fingerprint density at radius 3 is 0.130 bits per heavy atom. The largest absolute Gasteiger partial charge is 1.00 e. The van der Waals surface area contributed by atoms with Crippen LogP contribution in [0.5, 0.6) is 0 Å². The molecule has 0 unspecified atom stereocenters. The Balaban J connectivity index is 0. The van der Waals surface area contributed by atoms with Crippen molar-refractivity contribution in [3.63, 3.8) is 0 Å². The summed E-state index contributed by atoms with van der Waals surface area (Å²) in [6, 6.07) is 0. The summed E-state index contributed by atoms with van der Waals surface area (Å²) in [6.45, 7) is 0. The molecule has 0 fully saturated rings. The van der Waals surface area contributed by atoms with Crippen molar-refractivity contribution in [1.29, 1.82) is 0 Å². The average molecular weight is 519 g/mol. The van der Waals surface area contributed by atoms with Gasteiger partial charge in [0.05, 0.1) is 0 Å². The van der Waals surface area contributed by atoms with E-state index in [0.717, 1.165) is 0 Å². The van der Waals surface area contributed by atoms with Crippen LogP contribution >= 0.6 is 0 Å². The molecule has 0 aliphatic heterocycles. The SMILES string of the molecule is C.C.C.C.C.C.C.C.C.C.C.C.C.C.C.C.C.[2H-].[2H-].[2H-].[2H-].[2H-].[2H-].[K+].[K+].[K+].[K+].[K+].[K+]. The van der Waals surface area contributed by atoms with Crippen molar-refractivity contribution in [3.8, 4) is 0 Å². The Morgan fingerprint density at radius 2 is 0.130 bits per heavy atom. The maximum Gasteiger partial charge on any atom is 1.00 e. The fraction of sp³-hybridized carbons (Fsp3) is 1.00. The molecular weight excluding hydrogens is 439 g/mol. The predicted octanol–water partition coefficient (Wildman–Crippen LogP) is -6.49. The number of rotatable bonds is 0. The summed E-state index contributed by atoms with van der Waals surface area (Å²) in [5.74, 6) is 0. The maximum atomic E-state index is 0. The van der Waals surface area contributed by atoms with Crippen molar-refractivity contribution in [3.05, 3.63) is 0 Å². The van der Waals surface area contributed by atoms with Crippen molar-refractivity contribution in [2.75, 3.05) is 0 Å². The smallest absolute Gasteiger partial charge is 1.00 e. The van der Waals surface area contributed by atoms with E-state index in [-0.39, 0.29) is 443 Å². The van der Waals surface area contributed by atoms with E-state index < -0.39 is 0 Å². The van der Waals surface area contributed by atoms with Gasteiger partial charge >= 0.3 is 308 Å². The fourth-order valence-corrected chi connectivity index (χ4v) is 0. The second kappa shape index (κ2) is 313. The van der Waals surface area contributed by atoms with Crippen LogP contribution in [-0.4, -0.2) is 0 Å². The summed E-state index contributed by atoms with van der Waals surface area (Å²) in [5.41, 5.74) is 0. The van der Waals surface area contributed by atoms with Crippen molar-refractivity contribution in [2.24, 2.45) is 0 Å². The van der Waals surface area contributed by atoms with E-state index in [9.17, 15) is 0 Å². The molecule has 0 amide bonds. The van der Waals surface area contributed by atoms with Crippen LogP contribution < -0.4 is 308 Å². The molecule has 0 aromatic heterocycles. The minimum atomic E-state index is 0. The van der Waals surface area contributed by atoms with E-state index >= 15 is 0 Å². The second-order valence-corrected chi connectivity index (χ2v) is 0. The van der Waals surface area contributed by atoms with Gasteiger partial charge in [-0.3, -0.25) is 0 Å². The van der Waals surface area contributed by atoms with Gasteiger partial charge < -0.3 is 8.56 Å². The molecule has 0 nitrogen and oxygen atoms in total. The Kier molecular flexibility index (Phi) is 4700. The van der Waals surface area contributed by atoms with E-state index in [1.807, 2.05) is 0 Å². The molecule has 0 spiro atoms. The second-order valence-electron chi connectivity index (χ2n) is 0. The molecule has 0 bridgehead atoms. The molecular formula is C17H74K6. The Morgan fingerprint density at radius 1 is 0.130 bits per heavy atom. The first kappa shape index (κ1) is 345. The maximum absolute atomic E-state index is 0. The first-order valence-electron chi connectivity index (χ1n) is 0. The van der Waals surface area contributed by atoms with Crippen molar-refractivity contribution >= 4 is 0 Å². The van der Waals surface area contributed by atoms with Gasteiger partial charge in [0.1, 0.15) is 0 Å². The van der Waals surface area contributed by atoms with Crippen LogP contribution in [0, 0.1) is 0 Å². The first-order valence-corrected chi connectivity index (χ1v) is 0. The summed E-state index contributed by atoms with van der Waals surface area (Å²) >= 11 is 0. The van der Waals surface area contributed by atoms with Gasteiger partial charge in [0.15, 0.2) is 0 Å². The summed E-state index contributed by atoms with van der Waals surface area (Å²) < 4.78 is 0. The third kappa shape index (κ3) is 293. The average Bonchev–Trinajstić information content (AvgIpc) is 0. The molecule has 0 saturated carbocycles. The van der Waals surface area contributed by atoms with Crippen molar-refractivity contribution < 1.29 is 317 Å². The zero-order valence-corrected chi connectivity index (χ0v) is 24.7. The fourth-order valence-electron chi connectivity index (χ4n) is 0. The third-order valence-electron chi connectivity index (χ3n) is 0. The Bertz CT molecular complexity index is 40.4. The summed E-state index contributed by atoms with van der Waals surface area (Å²) in [5, 5.41) is 0. The topological polar surface area (TPSA) is 0 Å². The van der Waals surface area contributed by atoms with Gasteiger partial charge in [0, 0.05) is 0 Å². The van der Waals surface area contributed by atoms with Crippen molar-refractivity contribution in [2.45, 2.75) is 126 Å². The zero-order chi connectivity index (χ0) is 0. The van der Waals surface area contributed by atoms with Gasteiger partial charge in [-0.05, 0) is 0 Å². The van der Waals surface area contributed by atoms with Gasteiger partial charge in [0.2, 0.25) is 0 Å². The van der Waals surface area contributed by atoms with Crippen LogP contribution in [0.3, 0.4) is 0 Å².